The van der Waals surface area contributed by atoms with E-state index in [2.05, 4.69) is 0 Å². The van der Waals surface area contributed by atoms with Gasteiger partial charge in [0.2, 0.25) is 11.8 Å². The van der Waals surface area contributed by atoms with Gasteiger partial charge in [-0.2, -0.15) is 0 Å². The molecule has 0 bridgehead atoms. The second-order valence-corrected chi connectivity index (χ2v) is 3.96. The summed E-state index contributed by atoms with van der Waals surface area (Å²) in [4.78, 5) is 24.2. The second-order valence-electron chi connectivity index (χ2n) is 3.96. The number of likely N-dealkylation sites (tertiary alicyclic amines) is 1. The Morgan fingerprint density at radius 1 is 1.73 bits per heavy atom. The zero-order chi connectivity index (χ0) is 11.4. The van der Waals surface area contributed by atoms with Gasteiger partial charge in [0.1, 0.15) is 6.04 Å². The first-order valence-electron chi connectivity index (χ1n) is 5.29. The third-order valence-corrected chi connectivity index (χ3v) is 2.89. The Bertz CT molecular complexity index is 255. The van der Waals surface area contributed by atoms with Crippen molar-refractivity contribution in [1.29, 1.82) is 0 Å². The molecule has 15 heavy (non-hydrogen) atoms. The molecule has 0 aromatic heterocycles. The number of nitrogens with two attached hydrogens (primary N) is 1. The first-order chi connectivity index (χ1) is 7.10. The van der Waals surface area contributed by atoms with Gasteiger partial charge in [0, 0.05) is 25.5 Å². The van der Waals surface area contributed by atoms with E-state index in [9.17, 15) is 9.59 Å². The van der Waals surface area contributed by atoms with E-state index in [0.29, 0.717) is 25.8 Å². The molecule has 1 heterocycles. The summed E-state index contributed by atoms with van der Waals surface area (Å²) < 4.78 is 0. The number of aliphatic hydroxyl groups is 1. The molecule has 86 valence electrons. The van der Waals surface area contributed by atoms with Gasteiger partial charge in [0.15, 0.2) is 0 Å². The van der Waals surface area contributed by atoms with Gasteiger partial charge in [-0.1, -0.05) is 6.92 Å². The van der Waals surface area contributed by atoms with Gasteiger partial charge >= 0.3 is 0 Å². The van der Waals surface area contributed by atoms with Gasteiger partial charge in [0.05, 0.1) is 0 Å². The summed E-state index contributed by atoms with van der Waals surface area (Å²) in [5, 5.41) is 9.03. The monoisotopic (exact) mass is 214 g/mol. The molecule has 1 aliphatic rings. The predicted molar refractivity (Wildman–Crippen MR) is 54.8 cm³/mol. The molecule has 0 aliphatic carbocycles. The zero-order valence-electron chi connectivity index (χ0n) is 8.98. The normalized spacial score (nSPS) is 24.0. The summed E-state index contributed by atoms with van der Waals surface area (Å²) in [6.45, 7) is 2.32. The number of aliphatic hydroxyl groups excluding tert-OH is 1. The molecule has 0 aromatic carbocycles. The van der Waals surface area contributed by atoms with Crippen LogP contribution in [0.25, 0.3) is 0 Å². The largest absolute Gasteiger partial charge is 0.396 e. The summed E-state index contributed by atoms with van der Waals surface area (Å²) in [6, 6.07) is -0.521. The van der Waals surface area contributed by atoms with E-state index in [1.165, 1.54) is 4.90 Å². The lowest BCUT2D eigenvalue weighted by molar-refractivity contribution is -0.143. The highest BCUT2D eigenvalue weighted by atomic mass is 16.3. The van der Waals surface area contributed by atoms with E-state index in [0.717, 1.165) is 0 Å². The van der Waals surface area contributed by atoms with E-state index in [1.54, 1.807) is 0 Å². The van der Waals surface area contributed by atoms with Gasteiger partial charge in [-0.25, -0.2) is 0 Å². The highest BCUT2D eigenvalue weighted by molar-refractivity contribution is 5.86. The smallest absolute Gasteiger partial charge is 0.240 e. The van der Waals surface area contributed by atoms with Gasteiger partial charge in [-0.15, -0.1) is 0 Å². The number of carbonyl (C=O) groups is 2. The Morgan fingerprint density at radius 2 is 2.40 bits per heavy atom. The topological polar surface area (TPSA) is 83.6 Å². The molecule has 0 spiro atoms. The van der Waals surface area contributed by atoms with Crippen LogP contribution in [0.15, 0.2) is 0 Å². The summed E-state index contributed by atoms with van der Waals surface area (Å²) >= 11 is 0. The second kappa shape index (κ2) is 5.11. The number of rotatable bonds is 4. The molecule has 0 unspecified atom stereocenters. The molecule has 5 heteroatoms. The lowest BCUT2D eigenvalue weighted by atomic mass is 9.96. The molecular weight excluding hydrogens is 196 g/mol. The Kier molecular flexibility index (Phi) is 4.08. The van der Waals surface area contributed by atoms with Crippen molar-refractivity contribution in [1.82, 2.24) is 4.90 Å². The third-order valence-electron chi connectivity index (χ3n) is 2.89. The molecule has 0 saturated carbocycles. The van der Waals surface area contributed by atoms with Crippen LogP contribution in [0, 0.1) is 5.92 Å². The highest BCUT2D eigenvalue weighted by Gasteiger charge is 2.32. The predicted octanol–water partition coefficient (Wildman–Crippen LogP) is -0.519. The summed E-state index contributed by atoms with van der Waals surface area (Å²) in [5.74, 6) is -0.425. The number of piperidine rings is 1. The fourth-order valence-electron chi connectivity index (χ4n) is 1.97. The first kappa shape index (κ1) is 12.0. The number of hydrogen-bond donors (Lipinski definition) is 2. The quantitative estimate of drug-likeness (QED) is 0.660. The Balaban J connectivity index is 2.71. The minimum atomic E-state index is -0.521. The average Bonchev–Trinajstić information content (AvgIpc) is 2.21. The molecule has 1 rings (SSSR count). The van der Waals surface area contributed by atoms with Crippen LogP contribution in [-0.2, 0) is 9.59 Å². The third kappa shape index (κ3) is 2.68. The van der Waals surface area contributed by atoms with Crippen LogP contribution in [0.4, 0.5) is 0 Å². The van der Waals surface area contributed by atoms with Crippen molar-refractivity contribution in [2.24, 2.45) is 11.7 Å². The maximum atomic E-state index is 11.6. The van der Waals surface area contributed by atoms with Crippen LogP contribution in [0.3, 0.4) is 0 Å². The molecule has 1 saturated heterocycles. The SMILES string of the molecule is CC[C@@H](C(N)=O)N1C[C@@H](CO)CCC1=O. The van der Waals surface area contributed by atoms with Gasteiger partial charge < -0.3 is 15.7 Å². The maximum absolute atomic E-state index is 11.6. The molecule has 1 aliphatic heterocycles. The number of carbonyl (C=O) groups excluding carboxylic acids is 2. The molecule has 2 atom stereocenters. The molecule has 5 nitrogen and oxygen atoms in total. The lowest BCUT2D eigenvalue weighted by Crippen LogP contribution is -2.52. The minimum Gasteiger partial charge on any atom is -0.396 e. The Morgan fingerprint density at radius 3 is 2.87 bits per heavy atom. The van der Waals surface area contributed by atoms with Crippen molar-refractivity contribution in [3.05, 3.63) is 0 Å². The molecule has 3 N–H and O–H groups in total. The van der Waals surface area contributed by atoms with Gasteiger partial charge in [0.25, 0.3) is 0 Å². The molecular formula is C10H18N2O3. The van der Waals surface area contributed by atoms with Crippen LogP contribution < -0.4 is 5.73 Å². The lowest BCUT2D eigenvalue weighted by Gasteiger charge is -2.35. The minimum absolute atomic E-state index is 0.0367. The van der Waals surface area contributed by atoms with Crippen LogP contribution in [0.1, 0.15) is 26.2 Å². The van der Waals surface area contributed by atoms with Crippen LogP contribution in [-0.4, -0.2) is 41.0 Å². The van der Waals surface area contributed by atoms with Crippen molar-refractivity contribution >= 4 is 11.8 Å². The van der Waals surface area contributed by atoms with E-state index in [1.807, 2.05) is 6.92 Å². The van der Waals surface area contributed by atoms with E-state index in [-0.39, 0.29) is 18.4 Å². The number of nitrogens with zero attached hydrogens (tertiary/aromatic N) is 1. The Labute approximate surface area is 89.2 Å². The average molecular weight is 214 g/mol. The van der Waals surface area contributed by atoms with Crippen LogP contribution in [0.5, 0.6) is 0 Å². The standard InChI is InChI=1S/C10H18N2O3/c1-2-8(10(11)15)12-5-7(6-13)3-4-9(12)14/h7-8,13H,2-6H2,1H3,(H2,11,15)/t7-,8-/m0/s1. The maximum Gasteiger partial charge on any atom is 0.240 e. The van der Waals surface area contributed by atoms with Crippen molar-refractivity contribution < 1.29 is 14.7 Å². The van der Waals surface area contributed by atoms with Crippen molar-refractivity contribution in [3.8, 4) is 0 Å². The van der Waals surface area contributed by atoms with Gasteiger partial charge in [-0.3, -0.25) is 9.59 Å². The number of primary amides is 1. The fourth-order valence-corrected chi connectivity index (χ4v) is 1.97. The summed E-state index contributed by atoms with van der Waals surface area (Å²) in [5.41, 5.74) is 5.23. The first-order valence-corrected chi connectivity index (χ1v) is 5.29. The summed E-state index contributed by atoms with van der Waals surface area (Å²) in [7, 11) is 0. The molecule has 2 amide bonds. The Hall–Kier alpha value is -1.10. The fraction of sp³-hybridized carbons (Fsp3) is 0.800. The number of hydrogen-bond acceptors (Lipinski definition) is 3. The summed E-state index contributed by atoms with van der Waals surface area (Å²) in [6.07, 6.45) is 1.62. The van der Waals surface area contributed by atoms with Gasteiger partial charge in [-0.05, 0) is 12.8 Å². The molecule has 0 aromatic rings. The van der Waals surface area contributed by atoms with E-state index < -0.39 is 11.9 Å². The van der Waals surface area contributed by atoms with Crippen LogP contribution in [0.2, 0.25) is 0 Å². The van der Waals surface area contributed by atoms with Crippen LogP contribution >= 0.6 is 0 Å². The van der Waals surface area contributed by atoms with Crippen molar-refractivity contribution in [2.75, 3.05) is 13.2 Å². The highest BCUT2D eigenvalue weighted by Crippen LogP contribution is 2.20. The molecule has 1 fully saturated rings. The van der Waals surface area contributed by atoms with E-state index >= 15 is 0 Å². The van der Waals surface area contributed by atoms with Crippen molar-refractivity contribution in [3.63, 3.8) is 0 Å². The van der Waals surface area contributed by atoms with E-state index in [4.69, 9.17) is 10.8 Å². The number of amides is 2. The zero-order valence-corrected chi connectivity index (χ0v) is 8.98. The van der Waals surface area contributed by atoms with Crippen molar-refractivity contribution in [2.45, 2.75) is 32.2 Å². The molecule has 0 radical (unpaired) electrons.